The second kappa shape index (κ2) is 5.47. The van der Waals surface area contributed by atoms with Crippen LogP contribution in [0.4, 0.5) is 0 Å². The standard InChI is InChI=1S/C15H16N4O2/c1-9-6-8-17-14(18-9)12(10-4-5-10)19-15(21)13-11(20)3-2-7-16-13/h2-3,6-8,10,12,20H,4-5H2,1H3,(H,19,21)/t12-/m1/s1. The first-order chi connectivity index (χ1) is 10.1. The molecule has 0 aliphatic heterocycles. The van der Waals surface area contributed by atoms with Gasteiger partial charge in [-0.25, -0.2) is 15.0 Å². The molecule has 1 atom stereocenters. The van der Waals surface area contributed by atoms with Crippen molar-refractivity contribution in [2.45, 2.75) is 25.8 Å². The van der Waals surface area contributed by atoms with Crippen LogP contribution in [0.2, 0.25) is 0 Å². The molecule has 6 heteroatoms. The van der Waals surface area contributed by atoms with E-state index in [0.717, 1.165) is 18.5 Å². The molecule has 0 spiro atoms. The predicted molar refractivity (Wildman–Crippen MR) is 75.6 cm³/mol. The second-order valence-electron chi connectivity index (χ2n) is 5.22. The van der Waals surface area contributed by atoms with Crippen LogP contribution in [0.25, 0.3) is 0 Å². The number of carbonyl (C=O) groups is 1. The minimum absolute atomic E-state index is 0.0239. The Morgan fingerprint density at radius 1 is 1.33 bits per heavy atom. The summed E-state index contributed by atoms with van der Waals surface area (Å²) in [5, 5.41) is 12.6. The highest BCUT2D eigenvalue weighted by molar-refractivity contribution is 5.94. The highest BCUT2D eigenvalue weighted by atomic mass is 16.3. The molecule has 1 aliphatic rings. The quantitative estimate of drug-likeness (QED) is 0.893. The number of amides is 1. The van der Waals surface area contributed by atoms with Crippen molar-refractivity contribution in [2.75, 3.05) is 0 Å². The van der Waals surface area contributed by atoms with E-state index in [-0.39, 0.29) is 17.5 Å². The number of aromatic hydroxyl groups is 1. The van der Waals surface area contributed by atoms with E-state index >= 15 is 0 Å². The lowest BCUT2D eigenvalue weighted by molar-refractivity contribution is 0.0921. The van der Waals surface area contributed by atoms with Crippen LogP contribution in [-0.4, -0.2) is 26.0 Å². The lowest BCUT2D eigenvalue weighted by atomic mass is 10.1. The molecular weight excluding hydrogens is 268 g/mol. The molecule has 1 aliphatic carbocycles. The van der Waals surface area contributed by atoms with Crippen LogP contribution in [0.3, 0.4) is 0 Å². The first-order valence-corrected chi connectivity index (χ1v) is 6.89. The summed E-state index contributed by atoms with van der Waals surface area (Å²) >= 11 is 0. The molecule has 2 aromatic heterocycles. The highest BCUT2D eigenvalue weighted by Crippen LogP contribution is 2.40. The van der Waals surface area contributed by atoms with Crippen LogP contribution in [0.5, 0.6) is 5.75 Å². The Morgan fingerprint density at radius 3 is 2.81 bits per heavy atom. The van der Waals surface area contributed by atoms with Crippen molar-refractivity contribution in [1.29, 1.82) is 0 Å². The van der Waals surface area contributed by atoms with E-state index in [9.17, 15) is 9.90 Å². The maximum absolute atomic E-state index is 12.3. The number of hydrogen-bond donors (Lipinski definition) is 2. The van der Waals surface area contributed by atoms with E-state index < -0.39 is 5.91 Å². The van der Waals surface area contributed by atoms with E-state index in [0.29, 0.717) is 11.7 Å². The van der Waals surface area contributed by atoms with Crippen molar-refractivity contribution in [3.05, 3.63) is 47.8 Å². The Bertz CT molecular complexity index is 670. The van der Waals surface area contributed by atoms with Crippen molar-refractivity contribution >= 4 is 5.91 Å². The molecule has 2 heterocycles. The lowest BCUT2D eigenvalue weighted by Gasteiger charge is -2.17. The summed E-state index contributed by atoms with van der Waals surface area (Å²) in [6.45, 7) is 1.89. The molecule has 0 aromatic carbocycles. The lowest BCUT2D eigenvalue weighted by Crippen LogP contribution is -2.31. The first kappa shape index (κ1) is 13.5. The fraction of sp³-hybridized carbons (Fsp3) is 0.333. The molecule has 21 heavy (non-hydrogen) atoms. The third kappa shape index (κ3) is 2.99. The Hall–Kier alpha value is -2.50. The first-order valence-electron chi connectivity index (χ1n) is 6.89. The van der Waals surface area contributed by atoms with Gasteiger partial charge in [0.2, 0.25) is 0 Å². The average molecular weight is 284 g/mol. The molecule has 0 radical (unpaired) electrons. The Kier molecular flexibility index (Phi) is 3.51. The van der Waals surface area contributed by atoms with E-state index in [1.54, 1.807) is 12.3 Å². The van der Waals surface area contributed by atoms with Crippen LogP contribution in [0.15, 0.2) is 30.6 Å². The van der Waals surface area contributed by atoms with Gasteiger partial charge in [-0.1, -0.05) is 0 Å². The van der Waals surface area contributed by atoms with Gasteiger partial charge in [-0.2, -0.15) is 0 Å². The van der Waals surface area contributed by atoms with Crippen molar-refractivity contribution in [1.82, 2.24) is 20.3 Å². The predicted octanol–water partition coefficient (Wildman–Crippen LogP) is 1.77. The summed E-state index contributed by atoms with van der Waals surface area (Å²) in [4.78, 5) is 24.9. The number of pyridine rings is 1. The summed E-state index contributed by atoms with van der Waals surface area (Å²) in [5.74, 6) is 0.424. The smallest absolute Gasteiger partial charge is 0.274 e. The minimum atomic E-state index is -0.407. The fourth-order valence-electron chi connectivity index (χ4n) is 2.22. The summed E-state index contributed by atoms with van der Waals surface area (Å²) in [5.41, 5.74) is 0.886. The molecule has 0 saturated heterocycles. The van der Waals surface area contributed by atoms with Gasteiger partial charge < -0.3 is 10.4 Å². The molecular formula is C15H16N4O2. The van der Waals surface area contributed by atoms with Crippen molar-refractivity contribution in [2.24, 2.45) is 5.92 Å². The molecule has 1 fully saturated rings. The van der Waals surface area contributed by atoms with E-state index in [1.807, 2.05) is 13.0 Å². The highest BCUT2D eigenvalue weighted by Gasteiger charge is 2.36. The normalized spacial score (nSPS) is 15.5. The van der Waals surface area contributed by atoms with Crippen LogP contribution in [0.1, 0.15) is 40.9 Å². The summed E-state index contributed by atoms with van der Waals surface area (Å²) < 4.78 is 0. The van der Waals surface area contributed by atoms with Gasteiger partial charge >= 0.3 is 0 Å². The Labute approximate surface area is 122 Å². The maximum Gasteiger partial charge on any atom is 0.274 e. The number of nitrogens with zero attached hydrogens (tertiary/aromatic N) is 3. The third-order valence-electron chi connectivity index (χ3n) is 3.47. The molecule has 1 amide bonds. The van der Waals surface area contributed by atoms with E-state index in [2.05, 4.69) is 20.3 Å². The zero-order valence-corrected chi connectivity index (χ0v) is 11.7. The maximum atomic E-state index is 12.3. The van der Waals surface area contributed by atoms with Crippen molar-refractivity contribution in [3.8, 4) is 5.75 Å². The molecule has 3 rings (SSSR count). The number of carbonyl (C=O) groups excluding carboxylic acids is 1. The number of rotatable bonds is 4. The van der Waals surface area contributed by atoms with Crippen LogP contribution < -0.4 is 5.32 Å². The van der Waals surface area contributed by atoms with Gasteiger partial charge in [0.15, 0.2) is 11.5 Å². The van der Waals surface area contributed by atoms with Gasteiger partial charge in [-0.05, 0) is 43.9 Å². The summed E-state index contributed by atoms with van der Waals surface area (Å²) in [6.07, 6.45) is 5.24. The van der Waals surface area contributed by atoms with Gasteiger partial charge in [-0.3, -0.25) is 4.79 Å². The number of aromatic nitrogens is 3. The molecule has 2 N–H and O–H groups in total. The monoisotopic (exact) mass is 284 g/mol. The largest absolute Gasteiger partial charge is 0.505 e. The Balaban J connectivity index is 1.83. The summed E-state index contributed by atoms with van der Waals surface area (Å²) in [6, 6.07) is 4.60. The second-order valence-corrected chi connectivity index (χ2v) is 5.22. The fourth-order valence-corrected chi connectivity index (χ4v) is 2.22. The minimum Gasteiger partial charge on any atom is -0.505 e. The Morgan fingerprint density at radius 2 is 2.14 bits per heavy atom. The average Bonchev–Trinajstić information content (AvgIpc) is 3.29. The molecule has 2 aromatic rings. The van der Waals surface area contributed by atoms with Crippen molar-refractivity contribution in [3.63, 3.8) is 0 Å². The number of aryl methyl sites for hydroxylation is 1. The van der Waals surface area contributed by atoms with Crippen LogP contribution >= 0.6 is 0 Å². The van der Waals surface area contributed by atoms with Crippen LogP contribution in [-0.2, 0) is 0 Å². The van der Waals surface area contributed by atoms with Crippen LogP contribution in [0, 0.1) is 12.8 Å². The topological polar surface area (TPSA) is 88.0 Å². The van der Waals surface area contributed by atoms with Gasteiger partial charge in [0.05, 0.1) is 6.04 Å². The number of nitrogens with one attached hydrogen (secondary N) is 1. The van der Waals surface area contributed by atoms with Gasteiger partial charge in [-0.15, -0.1) is 0 Å². The van der Waals surface area contributed by atoms with Crippen molar-refractivity contribution < 1.29 is 9.90 Å². The SMILES string of the molecule is Cc1ccnc([C@H](NC(=O)c2ncccc2O)C2CC2)n1. The van der Waals surface area contributed by atoms with Gasteiger partial charge in [0.25, 0.3) is 5.91 Å². The zero-order chi connectivity index (χ0) is 14.8. The molecule has 1 saturated carbocycles. The van der Waals surface area contributed by atoms with E-state index in [1.165, 1.54) is 12.3 Å². The van der Waals surface area contributed by atoms with Gasteiger partial charge in [0, 0.05) is 18.1 Å². The summed E-state index contributed by atoms with van der Waals surface area (Å²) in [7, 11) is 0. The molecule has 0 unspecified atom stereocenters. The molecule has 0 bridgehead atoms. The van der Waals surface area contributed by atoms with E-state index in [4.69, 9.17) is 0 Å². The molecule has 108 valence electrons. The van der Waals surface area contributed by atoms with Gasteiger partial charge in [0.1, 0.15) is 5.75 Å². The third-order valence-corrected chi connectivity index (χ3v) is 3.47. The number of hydrogen-bond acceptors (Lipinski definition) is 5. The molecule has 6 nitrogen and oxygen atoms in total. The zero-order valence-electron chi connectivity index (χ0n) is 11.7.